The topological polar surface area (TPSA) is 58.6 Å². The van der Waals surface area contributed by atoms with Gasteiger partial charge in [0.25, 0.3) is 5.91 Å². The van der Waals surface area contributed by atoms with Crippen LogP contribution < -0.4 is 5.32 Å². The molecule has 0 aliphatic carbocycles. The molecular weight excluding hydrogens is 254 g/mol. The molecule has 5 heteroatoms. The molecule has 0 radical (unpaired) electrons. The first-order chi connectivity index (χ1) is 8.65. The molecule has 1 rings (SSSR count). The van der Waals surface area contributed by atoms with E-state index in [0.717, 1.165) is 12.0 Å². The number of carbonyl (C=O) groups excluding carboxylic acids is 1. The fourth-order valence-corrected chi connectivity index (χ4v) is 1.75. The Labute approximate surface area is 112 Å². The number of hydrogen-bond donors (Lipinski definition) is 2. The highest BCUT2D eigenvalue weighted by Gasteiger charge is 2.08. The first-order valence-corrected chi connectivity index (χ1v) is 6.26. The van der Waals surface area contributed by atoms with Gasteiger partial charge in [0.1, 0.15) is 0 Å². The van der Waals surface area contributed by atoms with Gasteiger partial charge >= 0.3 is 0 Å². The third-order valence-corrected chi connectivity index (χ3v) is 2.65. The number of amides is 1. The van der Waals surface area contributed by atoms with Crippen molar-refractivity contribution < 1.29 is 14.6 Å². The number of hydrogen-bond acceptors (Lipinski definition) is 3. The van der Waals surface area contributed by atoms with E-state index in [-0.39, 0.29) is 12.5 Å². The maximum atomic E-state index is 11.8. The smallest absolute Gasteiger partial charge is 0.251 e. The lowest BCUT2D eigenvalue weighted by molar-refractivity contribution is 0.0867. The average Bonchev–Trinajstić information content (AvgIpc) is 2.33. The van der Waals surface area contributed by atoms with E-state index in [9.17, 15) is 4.79 Å². The van der Waals surface area contributed by atoms with Crippen molar-refractivity contribution in [1.29, 1.82) is 0 Å². The fourth-order valence-electron chi connectivity index (χ4n) is 1.52. The van der Waals surface area contributed by atoms with E-state index in [1.807, 2.05) is 6.92 Å². The Balaban J connectivity index is 2.32. The highest BCUT2D eigenvalue weighted by Crippen LogP contribution is 2.14. The highest BCUT2D eigenvalue weighted by molar-refractivity contribution is 6.30. The van der Waals surface area contributed by atoms with E-state index >= 15 is 0 Å². The third kappa shape index (κ3) is 5.04. The van der Waals surface area contributed by atoms with E-state index in [2.05, 4.69) is 5.32 Å². The summed E-state index contributed by atoms with van der Waals surface area (Å²) in [4.78, 5) is 11.8. The molecule has 18 heavy (non-hydrogen) atoms. The van der Waals surface area contributed by atoms with Crippen LogP contribution >= 0.6 is 11.6 Å². The quantitative estimate of drug-likeness (QED) is 0.743. The zero-order valence-corrected chi connectivity index (χ0v) is 11.2. The number of ether oxygens (including phenoxy) is 1. The number of aliphatic hydroxyl groups is 1. The molecule has 1 amide bonds. The van der Waals surface area contributed by atoms with Crippen molar-refractivity contribution in [2.45, 2.75) is 13.3 Å². The monoisotopic (exact) mass is 271 g/mol. The number of benzene rings is 1. The van der Waals surface area contributed by atoms with E-state index < -0.39 is 0 Å². The van der Waals surface area contributed by atoms with Crippen LogP contribution in [0.4, 0.5) is 0 Å². The molecule has 0 heterocycles. The molecule has 0 aromatic heterocycles. The van der Waals surface area contributed by atoms with Crippen LogP contribution in [0.15, 0.2) is 18.2 Å². The van der Waals surface area contributed by atoms with Gasteiger partial charge in [-0.15, -0.1) is 0 Å². The van der Waals surface area contributed by atoms with Gasteiger partial charge in [0.05, 0.1) is 13.2 Å². The lowest BCUT2D eigenvalue weighted by Crippen LogP contribution is -2.26. The Bertz CT molecular complexity index is 396. The van der Waals surface area contributed by atoms with Crippen LogP contribution in [0.2, 0.25) is 5.02 Å². The summed E-state index contributed by atoms with van der Waals surface area (Å²) in [5, 5.41) is 11.9. The molecule has 0 aliphatic heterocycles. The lowest BCUT2D eigenvalue weighted by Gasteiger charge is -2.08. The van der Waals surface area contributed by atoms with Crippen LogP contribution in [-0.4, -0.2) is 37.4 Å². The maximum Gasteiger partial charge on any atom is 0.251 e. The van der Waals surface area contributed by atoms with Gasteiger partial charge in [0.2, 0.25) is 0 Å². The minimum atomic E-state index is -0.105. The molecule has 0 saturated carbocycles. The molecule has 1 aromatic carbocycles. The van der Waals surface area contributed by atoms with Crippen LogP contribution in [0, 0.1) is 6.92 Å². The van der Waals surface area contributed by atoms with Crippen molar-refractivity contribution in [2.24, 2.45) is 0 Å². The lowest BCUT2D eigenvalue weighted by atomic mass is 10.1. The predicted octanol–water partition coefficient (Wildman–Crippen LogP) is 1.78. The van der Waals surface area contributed by atoms with E-state index in [4.69, 9.17) is 21.4 Å². The molecule has 0 aliphatic rings. The predicted molar refractivity (Wildman–Crippen MR) is 71.0 cm³/mol. The normalized spacial score (nSPS) is 10.4. The molecule has 1 aromatic rings. The second-order valence-corrected chi connectivity index (χ2v) is 4.34. The van der Waals surface area contributed by atoms with E-state index in [0.29, 0.717) is 30.3 Å². The molecule has 0 unspecified atom stereocenters. The summed E-state index contributed by atoms with van der Waals surface area (Å²) < 4.78 is 5.09. The van der Waals surface area contributed by atoms with Gasteiger partial charge in [-0.25, -0.2) is 0 Å². The zero-order valence-electron chi connectivity index (χ0n) is 10.4. The molecule has 2 N–H and O–H groups in total. The van der Waals surface area contributed by atoms with Crippen LogP contribution in [0.3, 0.4) is 0 Å². The minimum absolute atomic E-state index is 0.0241. The Kier molecular flexibility index (Phi) is 6.72. The number of nitrogens with one attached hydrogen (secondary N) is 1. The first-order valence-electron chi connectivity index (χ1n) is 5.88. The van der Waals surface area contributed by atoms with E-state index in [1.165, 1.54) is 0 Å². The number of rotatable bonds is 7. The van der Waals surface area contributed by atoms with Crippen LogP contribution in [0.5, 0.6) is 0 Å². The van der Waals surface area contributed by atoms with Crippen LogP contribution in [-0.2, 0) is 4.74 Å². The second-order valence-electron chi connectivity index (χ2n) is 3.90. The summed E-state index contributed by atoms with van der Waals surface area (Å²) in [5.41, 5.74) is 1.49. The summed E-state index contributed by atoms with van der Waals surface area (Å²) >= 11 is 5.83. The van der Waals surface area contributed by atoms with Crippen molar-refractivity contribution in [2.75, 3.05) is 26.4 Å². The highest BCUT2D eigenvalue weighted by atomic mass is 35.5. The average molecular weight is 272 g/mol. The Morgan fingerprint density at radius 2 is 2.22 bits per heavy atom. The Morgan fingerprint density at radius 1 is 1.44 bits per heavy atom. The summed E-state index contributed by atoms with van der Waals surface area (Å²) in [7, 11) is 0. The molecule has 0 spiro atoms. The van der Waals surface area contributed by atoms with Crippen molar-refractivity contribution in [1.82, 2.24) is 5.32 Å². The van der Waals surface area contributed by atoms with Crippen molar-refractivity contribution in [3.63, 3.8) is 0 Å². The molecule has 0 atom stereocenters. The molecule has 0 saturated heterocycles. The second kappa shape index (κ2) is 8.08. The minimum Gasteiger partial charge on any atom is -0.394 e. The van der Waals surface area contributed by atoms with Crippen molar-refractivity contribution in [3.8, 4) is 0 Å². The van der Waals surface area contributed by atoms with E-state index in [1.54, 1.807) is 18.2 Å². The number of halogens is 1. The number of aryl methyl sites for hydroxylation is 1. The summed E-state index contributed by atoms with van der Waals surface area (Å²) in [6.07, 6.45) is 0.721. The van der Waals surface area contributed by atoms with Crippen LogP contribution in [0.25, 0.3) is 0 Å². The third-order valence-electron chi connectivity index (χ3n) is 2.42. The largest absolute Gasteiger partial charge is 0.394 e. The van der Waals surface area contributed by atoms with Crippen LogP contribution in [0.1, 0.15) is 22.3 Å². The number of carbonyl (C=O) groups is 1. The van der Waals surface area contributed by atoms with Gasteiger partial charge in [-0.3, -0.25) is 4.79 Å². The molecule has 4 nitrogen and oxygen atoms in total. The van der Waals surface area contributed by atoms with Gasteiger partial charge in [-0.1, -0.05) is 11.6 Å². The number of aliphatic hydroxyl groups excluding tert-OH is 1. The Morgan fingerprint density at radius 3 is 2.89 bits per heavy atom. The molecule has 100 valence electrons. The van der Waals surface area contributed by atoms with Crippen molar-refractivity contribution in [3.05, 3.63) is 34.3 Å². The SMILES string of the molecule is Cc1cc(Cl)ccc1C(=O)NCCCOCCO. The molecular formula is C13H18ClNO3. The Hall–Kier alpha value is -1.10. The molecule has 0 fully saturated rings. The van der Waals surface area contributed by atoms with Gasteiger partial charge in [0.15, 0.2) is 0 Å². The van der Waals surface area contributed by atoms with Gasteiger partial charge in [-0.05, 0) is 37.1 Å². The zero-order chi connectivity index (χ0) is 13.4. The summed E-state index contributed by atoms with van der Waals surface area (Å²) in [6, 6.07) is 5.18. The van der Waals surface area contributed by atoms with Gasteiger partial charge < -0.3 is 15.2 Å². The first kappa shape index (κ1) is 15.0. The molecule has 0 bridgehead atoms. The summed E-state index contributed by atoms with van der Waals surface area (Å²) in [5.74, 6) is -0.105. The fraction of sp³-hybridized carbons (Fsp3) is 0.462. The van der Waals surface area contributed by atoms with Gasteiger partial charge in [0, 0.05) is 23.7 Å². The summed E-state index contributed by atoms with van der Waals surface area (Å²) in [6.45, 7) is 3.29. The standard InChI is InChI=1S/C13H18ClNO3/c1-10-9-11(14)3-4-12(10)13(17)15-5-2-7-18-8-6-16/h3-4,9,16H,2,5-8H2,1H3,(H,15,17). The van der Waals surface area contributed by atoms with Crippen molar-refractivity contribution >= 4 is 17.5 Å². The van der Waals surface area contributed by atoms with Gasteiger partial charge in [-0.2, -0.15) is 0 Å². The maximum absolute atomic E-state index is 11.8.